The van der Waals surface area contributed by atoms with Gasteiger partial charge in [-0.3, -0.25) is 4.57 Å². The molecule has 0 spiro atoms. The van der Waals surface area contributed by atoms with E-state index in [9.17, 15) is 0 Å². The Labute approximate surface area is 90.1 Å². The van der Waals surface area contributed by atoms with E-state index < -0.39 is 0 Å². The second-order valence-corrected chi connectivity index (χ2v) is 3.89. The normalized spacial score (nSPS) is 10.3. The van der Waals surface area contributed by atoms with Crippen LogP contribution in [0, 0.1) is 0 Å². The van der Waals surface area contributed by atoms with Gasteiger partial charge >= 0.3 is 0 Å². The van der Waals surface area contributed by atoms with Crippen LogP contribution in [-0.4, -0.2) is 9.55 Å². The van der Waals surface area contributed by atoms with Gasteiger partial charge in [0.15, 0.2) is 5.16 Å². The zero-order valence-corrected chi connectivity index (χ0v) is 9.16. The molecule has 0 saturated carbocycles. The summed E-state index contributed by atoms with van der Waals surface area (Å²) >= 11 is 7.64. The average molecular weight is 255 g/mol. The van der Waals surface area contributed by atoms with Gasteiger partial charge in [-0.2, -0.15) is 0 Å². The smallest absolute Gasteiger partial charge is 0.169 e. The average Bonchev–Trinajstić information content (AvgIpc) is 2.51. The maximum Gasteiger partial charge on any atom is 0.169 e. The van der Waals surface area contributed by atoms with Crippen LogP contribution in [-0.2, 0) is 0 Å². The van der Waals surface area contributed by atoms with Crippen molar-refractivity contribution in [2.75, 3.05) is 0 Å². The van der Waals surface area contributed by atoms with Crippen LogP contribution < -0.4 is 0 Å². The number of halogens is 1. The molecule has 0 fully saturated rings. The minimum absolute atomic E-state index is 0.693. The lowest BCUT2D eigenvalue weighted by Crippen LogP contribution is -1.92. The Morgan fingerprint density at radius 1 is 1.38 bits per heavy atom. The second kappa shape index (κ2) is 3.55. The van der Waals surface area contributed by atoms with Gasteiger partial charge in [0.2, 0.25) is 0 Å². The summed E-state index contributed by atoms with van der Waals surface area (Å²) in [6.07, 6.45) is 3.60. The molecule has 0 unspecified atom stereocenters. The molecule has 2 aromatic rings. The van der Waals surface area contributed by atoms with Gasteiger partial charge < -0.3 is 0 Å². The van der Waals surface area contributed by atoms with Crippen molar-refractivity contribution in [1.29, 1.82) is 0 Å². The Bertz CT molecular complexity index is 425. The topological polar surface area (TPSA) is 17.8 Å². The molecule has 0 aliphatic rings. The largest absolute Gasteiger partial charge is 0.295 e. The lowest BCUT2D eigenvalue weighted by atomic mass is 10.3. The van der Waals surface area contributed by atoms with Gasteiger partial charge in [0, 0.05) is 22.6 Å². The molecule has 1 heterocycles. The van der Waals surface area contributed by atoms with Crippen LogP contribution in [0.15, 0.2) is 46.3 Å². The zero-order valence-electron chi connectivity index (χ0n) is 6.68. The van der Waals surface area contributed by atoms with Crippen LogP contribution in [0.25, 0.3) is 5.69 Å². The van der Waals surface area contributed by atoms with Crippen LogP contribution in [0.2, 0.25) is 0 Å². The summed E-state index contributed by atoms with van der Waals surface area (Å²) in [5.41, 5.74) is 1.05. The number of aromatic nitrogens is 2. The lowest BCUT2D eigenvalue weighted by Gasteiger charge is -2.03. The first-order valence-corrected chi connectivity index (χ1v) is 4.99. The summed E-state index contributed by atoms with van der Waals surface area (Å²) in [6.45, 7) is 0. The summed E-state index contributed by atoms with van der Waals surface area (Å²) < 4.78 is 2.96. The summed E-state index contributed by atoms with van der Waals surface area (Å²) in [4.78, 5) is 4.03. The second-order valence-electron chi connectivity index (χ2n) is 2.58. The van der Waals surface area contributed by atoms with Crippen LogP contribution in [0.4, 0.5) is 0 Å². The van der Waals surface area contributed by atoms with E-state index in [1.165, 1.54) is 0 Å². The lowest BCUT2D eigenvalue weighted by molar-refractivity contribution is 0.900. The third-order valence-electron chi connectivity index (χ3n) is 1.71. The first-order valence-electron chi connectivity index (χ1n) is 3.75. The van der Waals surface area contributed by atoms with Gasteiger partial charge in [-0.15, -0.1) is 12.6 Å². The molecule has 66 valence electrons. The molecule has 1 aromatic carbocycles. The molecule has 2 nitrogen and oxygen atoms in total. The van der Waals surface area contributed by atoms with E-state index >= 15 is 0 Å². The predicted octanol–water partition coefficient (Wildman–Crippen LogP) is 2.92. The maximum atomic E-state index is 4.23. The standard InChI is InChI=1S/C9H7BrN2S/c10-7-2-1-3-8(6-7)12-5-4-11-9(12)13/h1-6H,(H,11,13). The van der Waals surface area contributed by atoms with E-state index in [1.807, 2.05) is 35.0 Å². The summed E-state index contributed by atoms with van der Waals surface area (Å²) in [6, 6.07) is 7.98. The molecule has 0 saturated heterocycles. The van der Waals surface area contributed by atoms with Gasteiger partial charge in [0.1, 0.15) is 0 Å². The van der Waals surface area contributed by atoms with E-state index in [-0.39, 0.29) is 0 Å². The Morgan fingerprint density at radius 2 is 2.23 bits per heavy atom. The van der Waals surface area contributed by atoms with E-state index in [2.05, 4.69) is 33.5 Å². The fourth-order valence-corrected chi connectivity index (χ4v) is 1.76. The first-order chi connectivity index (χ1) is 6.27. The van der Waals surface area contributed by atoms with Crippen LogP contribution in [0.3, 0.4) is 0 Å². The van der Waals surface area contributed by atoms with Gasteiger partial charge in [0.25, 0.3) is 0 Å². The van der Waals surface area contributed by atoms with Crippen molar-refractivity contribution in [1.82, 2.24) is 9.55 Å². The van der Waals surface area contributed by atoms with E-state index in [4.69, 9.17) is 0 Å². The first kappa shape index (κ1) is 8.84. The maximum absolute atomic E-state index is 4.23. The highest BCUT2D eigenvalue weighted by Gasteiger charge is 2.00. The third-order valence-corrected chi connectivity index (χ3v) is 2.53. The number of thiol groups is 1. The number of imidazole rings is 1. The van der Waals surface area contributed by atoms with Crippen molar-refractivity contribution in [3.63, 3.8) is 0 Å². The van der Waals surface area contributed by atoms with E-state index in [0.717, 1.165) is 10.2 Å². The number of nitrogens with zero attached hydrogens (tertiary/aromatic N) is 2. The molecule has 4 heteroatoms. The highest BCUT2D eigenvalue weighted by Crippen LogP contribution is 2.17. The number of rotatable bonds is 1. The molecule has 0 amide bonds. The fourth-order valence-electron chi connectivity index (χ4n) is 1.12. The molecule has 0 bridgehead atoms. The minimum Gasteiger partial charge on any atom is -0.295 e. The molecule has 13 heavy (non-hydrogen) atoms. The molecule has 1 aromatic heterocycles. The Kier molecular flexibility index (Phi) is 2.42. The van der Waals surface area contributed by atoms with Crippen molar-refractivity contribution in [2.24, 2.45) is 0 Å². The Balaban J connectivity index is 2.53. The number of hydrogen-bond acceptors (Lipinski definition) is 2. The van der Waals surface area contributed by atoms with Crippen molar-refractivity contribution in [3.05, 3.63) is 41.1 Å². The van der Waals surface area contributed by atoms with Crippen molar-refractivity contribution >= 4 is 28.6 Å². The van der Waals surface area contributed by atoms with Crippen molar-refractivity contribution in [3.8, 4) is 5.69 Å². The molecule has 0 radical (unpaired) electrons. The minimum atomic E-state index is 0.693. The molecule has 0 aliphatic heterocycles. The quantitative estimate of drug-likeness (QED) is 0.776. The number of benzene rings is 1. The molecule has 0 atom stereocenters. The molecular weight excluding hydrogens is 248 g/mol. The molecule has 0 N–H and O–H groups in total. The van der Waals surface area contributed by atoms with Gasteiger partial charge in [-0.05, 0) is 18.2 Å². The summed E-state index contributed by atoms with van der Waals surface area (Å²) in [7, 11) is 0. The number of hydrogen-bond donors (Lipinski definition) is 1. The Morgan fingerprint density at radius 3 is 2.85 bits per heavy atom. The van der Waals surface area contributed by atoms with E-state index in [1.54, 1.807) is 6.20 Å². The highest BCUT2D eigenvalue weighted by molar-refractivity contribution is 9.10. The van der Waals surface area contributed by atoms with Gasteiger partial charge in [-0.25, -0.2) is 4.98 Å². The van der Waals surface area contributed by atoms with Crippen molar-refractivity contribution < 1.29 is 0 Å². The SMILES string of the molecule is Sc1nccn1-c1cccc(Br)c1. The van der Waals surface area contributed by atoms with E-state index in [0.29, 0.717) is 5.16 Å². The highest BCUT2D eigenvalue weighted by atomic mass is 79.9. The monoisotopic (exact) mass is 254 g/mol. The third kappa shape index (κ3) is 1.78. The fraction of sp³-hybridized carbons (Fsp3) is 0. The van der Waals surface area contributed by atoms with Gasteiger partial charge in [-0.1, -0.05) is 22.0 Å². The van der Waals surface area contributed by atoms with Crippen LogP contribution in [0.5, 0.6) is 0 Å². The zero-order chi connectivity index (χ0) is 9.26. The summed E-state index contributed by atoms with van der Waals surface area (Å²) in [5, 5.41) is 0.693. The van der Waals surface area contributed by atoms with Crippen LogP contribution in [0.1, 0.15) is 0 Å². The summed E-state index contributed by atoms with van der Waals surface area (Å²) in [5.74, 6) is 0. The van der Waals surface area contributed by atoms with Crippen molar-refractivity contribution in [2.45, 2.75) is 5.16 Å². The Hall–Kier alpha value is -0.740. The molecule has 0 aliphatic carbocycles. The van der Waals surface area contributed by atoms with Gasteiger partial charge in [0.05, 0.1) is 0 Å². The van der Waals surface area contributed by atoms with Crippen LogP contribution >= 0.6 is 28.6 Å². The molecule has 2 rings (SSSR count). The molecular formula is C9H7BrN2S. The predicted molar refractivity (Wildman–Crippen MR) is 58.5 cm³/mol.